The summed E-state index contributed by atoms with van der Waals surface area (Å²) in [6.07, 6.45) is 1.02. The summed E-state index contributed by atoms with van der Waals surface area (Å²) in [5.74, 6) is -5.09. The van der Waals surface area contributed by atoms with Gasteiger partial charge in [-0.15, -0.1) is 0 Å². The van der Waals surface area contributed by atoms with Crippen LogP contribution in [0.25, 0.3) is 0 Å². The summed E-state index contributed by atoms with van der Waals surface area (Å²) in [6, 6.07) is 0. The van der Waals surface area contributed by atoms with Gasteiger partial charge in [0.25, 0.3) is 0 Å². The van der Waals surface area contributed by atoms with Gasteiger partial charge in [-0.2, -0.15) is 0 Å². The zero-order valence-corrected chi connectivity index (χ0v) is 6.68. The van der Waals surface area contributed by atoms with E-state index in [-0.39, 0.29) is 0 Å². The lowest BCUT2D eigenvalue weighted by Gasteiger charge is -2.04. The normalized spacial score (nSPS) is 16.0. The largest absolute Gasteiger partial charge is 0.478 e. The van der Waals surface area contributed by atoms with E-state index >= 15 is 0 Å². The summed E-state index contributed by atoms with van der Waals surface area (Å²) < 4.78 is 0. The molecule has 0 unspecified atom stereocenters. The highest BCUT2D eigenvalue weighted by atomic mass is 16.4. The molecule has 1 aliphatic carbocycles. The number of carbonyl (C=O) groups excluding carboxylic acids is 2. The van der Waals surface area contributed by atoms with Crippen LogP contribution in [0.2, 0.25) is 0 Å². The van der Waals surface area contributed by atoms with Crippen molar-refractivity contribution < 1.29 is 29.4 Å². The van der Waals surface area contributed by atoms with Crippen LogP contribution >= 0.6 is 0 Å². The Morgan fingerprint density at radius 3 is 1.36 bits per heavy atom. The van der Waals surface area contributed by atoms with Crippen molar-refractivity contribution in [1.29, 1.82) is 0 Å². The minimum Gasteiger partial charge on any atom is -0.478 e. The molecule has 0 aromatic rings. The summed E-state index contributed by atoms with van der Waals surface area (Å²) in [7, 11) is 0. The van der Waals surface area contributed by atoms with Crippen LogP contribution in [-0.4, -0.2) is 33.7 Å². The molecule has 0 spiro atoms. The highest BCUT2D eigenvalue weighted by Crippen LogP contribution is 2.11. The number of rotatable bonds is 2. The summed E-state index contributed by atoms with van der Waals surface area (Å²) in [4.78, 5) is 42.6. The lowest BCUT2D eigenvalue weighted by Crippen LogP contribution is -2.22. The maximum absolute atomic E-state index is 11.0. The summed E-state index contributed by atoms with van der Waals surface area (Å²) in [5, 5.41) is 16.9. The van der Waals surface area contributed by atoms with Crippen LogP contribution in [-0.2, 0) is 19.2 Å². The molecule has 0 amide bonds. The fourth-order valence-electron chi connectivity index (χ4n) is 0.894. The van der Waals surface area contributed by atoms with Crippen molar-refractivity contribution in [2.45, 2.75) is 0 Å². The van der Waals surface area contributed by atoms with E-state index in [1.807, 2.05) is 0 Å². The molecular weight excluding hydrogens is 192 g/mol. The number of carboxylic acids is 2. The number of carbonyl (C=O) groups is 4. The summed E-state index contributed by atoms with van der Waals surface area (Å²) in [6.45, 7) is 0. The van der Waals surface area contributed by atoms with Gasteiger partial charge in [0.2, 0.25) is 0 Å². The van der Waals surface area contributed by atoms with E-state index in [1.54, 1.807) is 0 Å². The van der Waals surface area contributed by atoms with Gasteiger partial charge in [-0.1, -0.05) is 0 Å². The summed E-state index contributed by atoms with van der Waals surface area (Å²) >= 11 is 0. The maximum Gasteiger partial charge on any atom is 0.339 e. The first-order valence-corrected chi connectivity index (χ1v) is 3.42. The Bertz CT molecular complexity index is 372. The first-order chi connectivity index (χ1) is 6.43. The lowest BCUT2D eigenvalue weighted by atomic mass is 9.97. The number of carboxylic acid groups (broad SMARTS) is 2. The Labute approximate surface area is 77.1 Å². The van der Waals surface area contributed by atoms with E-state index in [1.165, 1.54) is 0 Å². The average Bonchev–Trinajstić information content (AvgIpc) is 2.07. The van der Waals surface area contributed by atoms with Crippen molar-refractivity contribution in [3.63, 3.8) is 0 Å². The minimum absolute atomic E-state index is 0.508. The number of aliphatic carboxylic acids is 2. The van der Waals surface area contributed by atoms with E-state index in [0.29, 0.717) is 12.2 Å². The van der Waals surface area contributed by atoms with E-state index in [9.17, 15) is 19.2 Å². The monoisotopic (exact) mass is 196 g/mol. The van der Waals surface area contributed by atoms with E-state index in [2.05, 4.69) is 0 Å². The van der Waals surface area contributed by atoms with Crippen molar-refractivity contribution >= 4 is 23.5 Å². The molecule has 72 valence electrons. The molecule has 6 heteroatoms. The molecule has 1 rings (SSSR count). The second-order valence-corrected chi connectivity index (χ2v) is 2.45. The van der Waals surface area contributed by atoms with E-state index in [0.717, 1.165) is 0 Å². The van der Waals surface area contributed by atoms with Gasteiger partial charge in [0.15, 0.2) is 11.6 Å². The molecule has 0 aliphatic heterocycles. The third-order valence-electron chi connectivity index (χ3n) is 1.54. The molecule has 14 heavy (non-hydrogen) atoms. The highest BCUT2D eigenvalue weighted by Gasteiger charge is 2.27. The molecule has 0 saturated heterocycles. The number of hydrogen-bond acceptors (Lipinski definition) is 4. The third-order valence-corrected chi connectivity index (χ3v) is 1.54. The van der Waals surface area contributed by atoms with Gasteiger partial charge in [0, 0.05) is 12.2 Å². The molecule has 1 aliphatic rings. The molecule has 0 saturated carbocycles. The van der Waals surface area contributed by atoms with Crippen molar-refractivity contribution in [3.05, 3.63) is 23.3 Å². The van der Waals surface area contributed by atoms with Crippen LogP contribution < -0.4 is 0 Å². The van der Waals surface area contributed by atoms with Crippen molar-refractivity contribution in [3.8, 4) is 0 Å². The van der Waals surface area contributed by atoms with E-state index in [4.69, 9.17) is 10.2 Å². The predicted octanol–water partition coefficient (Wildman–Crippen LogP) is -0.840. The fourth-order valence-corrected chi connectivity index (χ4v) is 0.894. The average molecular weight is 196 g/mol. The second-order valence-electron chi connectivity index (χ2n) is 2.45. The van der Waals surface area contributed by atoms with E-state index < -0.39 is 34.7 Å². The molecule has 0 heterocycles. The second kappa shape index (κ2) is 3.25. The molecule has 0 fully saturated rings. The van der Waals surface area contributed by atoms with Crippen molar-refractivity contribution in [1.82, 2.24) is 0 Å². The quantitative estimate of drug-likeness (QED) is 0.440. The Balaban J connectivity index is 3.14. The van der Waals surface area contributed by atoms with Crippen LogP contribution in [0.5, 0.6) is 0 Å². The summed E-state index contributed by atoms with van der Waals surface area (Å²) in [5.41, 5.74) is -1.44. The molecule has 0 aromatic heterocycles. The third kappa shape index (κ3) is 1.58. The standard InChI is InChI=1S/C8H4O6/c9-5-1-3(7(11)12)6(10)2-4(5)8(13)14/h1-2H,(H,11,12)(H,13,14). The first kappa shape index (κ1) is 9.85. The Morgan fingerprint density at radius 2 is 1.14 bits per heavy atom. The van der Waals surface area contributed by atoms with Crippen LogP contribution in [0.3, 0.4) is 0 Å². The molecule has 2 N–H and O–H groups in total. The minimum atomic E-state index is -1.55. The van der Waals surface area contributed by atoms with Gasteiger partial charge in [-0.3, -0.25) is 9.59 Å². The molecular formula is C8H4O6. The zero-order chi connectivity index (χ0) is 10.9. The number of allylic oxidation sites excluding steroid dienone is 2. The van der Waals surface area contributed by atoms with Gasteiger partial charge in [-0.05, 0) is 0 Å². The van der Waals surface area contributed by atoms with Crippen LogP contribution in [0.1, 0.15) is 0 Å². The lowest BCUT2D eigenvalue weighted by molar-refractivity contribution is -0.137. The first-order valence-electron chi connectivity index (χ1n) is 3.42. The number of ketones is 2. The maximum atomic E-state index is 11.0. The molecule has 0 atom stereocenters. The van der Waals surface area contributed by atoms with Gasteiger partial charge < -0.3 is 10.2 Å². The van der Waals surface area contributed by atoms with Crippen LogP contribution in [0, 0.1) is 0 Å². The van der Waals surface area contributed by atoms with Crippen molar-refractivity contribution in [2.75, 3.05) is 0 Å². The predicted molar refractivity (Wildman–Crippen MR) is 41.5 cm³/mol. The van der Waals surface area contributed by atoms with Gasteiger partial charge >= 0.3 is 11.9 Å². The highest BCUT2D eigenvalue weighted by molar-refractivity contribution is 6.35. The Hall–Kier alpha value is -2.24. The van der Waals surface area contributed by atoms with Crippen molar-refractivity contribution in [2.24, 2.45) is 0 Å². The number of hydrogen-bond donors (Lipinski definition) is 2. The van der Waals surface area contributed by atoms with Crippen LogP contribution in [0.4, 0.5) is 0 Å². The molecule has 6 nitrogen and oxygen atoms in total. The van der Waals surface area contributed by atoms with Crippen LogP contribution in [0.15, 0.2) is 23.3 Å². The SMILES string of the molecule is O=C(O)C1=CC(=O)C(C(=O)O)=CC1=O. The van der Waals surface area contributed by atoms with Gasteiger partial charge in [0.1, 0.15) is 11.1 Å². The molecule has 0 bridgehead atoms. The smallest absolute Gasteiger partial charge is 0.339 e. The Kier molecular flexibility index (Phi) is 2.29. The fraction of sp³-hybridized carbons (Fsp3) is 0. The van der Waals surface area contributed by atoms with Gasteiger partial charge in [-0.25, -0.2) is 9.59 Å². The molecule has 0 aromatic carbocycles. The Morgan fingerprint density at radius 1 is 0.857 bits per heavy atom. The molecule has 0 radical (unpaired) electrons. The van der Waals surface area contributed by atoms with Gasteiger partial charge in [0.05, 0.1) is 0 Å². The topological polar surface area (TPSA) is 109 Å². The zero-order valence-electron chi connectivity index (χ0n) is 6.68.